The van der Waals surface area contributed by atoms with Crippen LogP contribution in [0.3, 0.4) is 0 Å². The zero-order chi connectivity index (χ0) is 16.9. The molecule has 0 bridgehead atoms. The van der Waals surface area contributed by atoms with Crippen LogP contribution in [-0.2, 0) is 4.79 Å². The molecule has 24 heavy (non-hydrogen) atoms. The van der Waals surface area contributed by atoms with E-state index in [0.717, 1.165) is 5.69 Å². The Morgan fingerprint density at radius 3 is 2.42 bits per heavy atom. The molecule has 3 rings (SSSR count). The fourth-order valence-electron chi connectivity index (χ4n) is 1.99. The van der Waals surface area contributed by atoms with E-state index in [1.807, 2.05) is 0 Å². The van der Waals surface area contributed by atoms with Crippen LogP contribution in [0.4, 0.5) is 5.69 Å². The number of benzene rings is 2. The smallest absolute Gasteiger partial charge is 0.248 e. The topological polar surface area (TPSA) is 72.7 Å². The molecule has 1 aromatic heterocycles. The Bertz CT molecular complexity index is 856. The van der Waals surface area contributed by atoms with Crippen LogP contribution in [0.15, 0.2) is 54.9 Å². The minimum absolute atomic E-state index is 0.291. The number of carbonyl (C=O) groups excluding carboxylic acids is 1. The van der Waals surface area contributed by atoms with Gasteiger partial charge in [-0.1, -0.05) is 29.3 Å². The van der Waals surface area contributed by atoms with Gasteiger partial charge in [0, 0.05) is 27.4 Å². The average Bonchev–Trinajstić information content (AvgIpc) is 3.09. The van der Waals surface area contributed by atoms with Crippen molar-refractivity contribution in [2.75, 3.05) is 5.32 Å². The summed E-state index contributed by atoms with van der Waals surface area (Å²) in [5.41, 5.74) is 2.04. The van der Waals surface area contributed by atoms with Crippen LogP contribution in [0, 0.1) is 0 Å². The lowest BCUT2D eigenvalue weighted by molar-refractivity contribution is -0.111. The fourth-order valence-corrected chi connectivity index (χ4v) is 2.51. The van der Waals surface area contributed by atoms with E-state index in [9.17, 15) is 4.79 Å². The van der Waals surface area contributed by atoms with Gasteiger partial charge in [-0.15, -0.1) is 5.10 Å². The quantitative estimate of drug-likeness (QED) is 0.722. The van der Waals surface area contributed by atoms with Crippen molar-refractivity contribution in [3.8, 4) is 5.69 Å². The van der Waals surface area contributed by atoms with Crippen molar-refractivity contribution in [2.45, 2.75) is 0 Å². The van der Waals surface area contributed by atoms with E-state index in [1.165, 1.54) is 17.1 Å². The lowest BCUT2D eigenvalue weighted by atomic mass is 10.2. The second-order valence-corrected chi connectivity index (χ2v) is 5.57. The fraction of sp³-hybridized carbons (Fsp3) is 0. The molecular weight excluding hydrogens is 349 g/mol. The number of hydrogen-bond acceptors (Lipinski definition) is 4. The molecule has 0 saturated carbocycles. The Hall–Kier alpha value is -2.70. The Kier molecular flexibility index (Phi) is 4.88. The first kappa shape index (κ1) is 16.2. The molecule has 120 valence electrons. The number of nitrogens with one attached hydrogen (secondary N) is 1. The standard InChI is InChI=1S/C16H11Cl2N5O/c17-14-2-1-3-15(18)13(14)8-9-16(24)20-11-4-6-12(7-5-11)23-10-19-21-22-23/h1-10H,(H,20,24)/b9-8+. The van der Waals surface area contributed by atoms with Crippen molar-refractivity contribution in [2.24, 2.45) is 0 Å². The maximum atomic E-state index is 12.0. The van der Waals surface area contributed by atoms with Crippen molar-refractivity contribution in [3.05, 3.63) is 70.5 Å². The van der Waals surface area contributed by atoms with Gasteiger partial charge in [0.2, 0.25) is 5.91 Å². The minimum atomic E-state index is -0.291. The van der Waals surface area contributed by atoms with Crippen LogP contribution in [-0.4, -0.2) is 26.1 Å². The lowest BCUT2D eigenvalue weighted by Crippen LogP contribution is -2.07. The Balaban J connectivity index is 1.68. The first-order chi connectivity index (χ1) is 11.6. The Labute approximate surface area is 147 Å². The van der Waals surface area contributed by atoms with E-state index in [1.54, 1.807) is 48.5 Å². The van der Waals surface area contributed by atoms with Gasteiger partial charge in [-0.05, 0) is 52.9 Å². The predicted molar refractivity (Wildman–Crippen MR) is 93.3 cm³/mol. The predicted octanol–water partition coefficient (Wildman–Crippen LogP) is 3.62. The summed E-state index contributed by atoms with van der Waals surface area (Å²) in [4.78, 5) is 12.0. The van der Waals surface area contributed by atoms with Crippen molar-refractivity contribution in [1.29, 1.82) is 0 Å². The van der Waals surface area contributed by atoms with Crippen LogP contribution in [0.5, 0.6) is 0 Å². The maximum absolute atomic E-state index is 12.0. The van der Waals surface area contributed by atoms with E-state index < -0.39 is 0 Å². The molecule has 6 nitrogen and oxygen atoms in total. The number of hydrogen-bond donors (Lipinski definition) is 1. The largest absolute Gasteiger partial charge is 0.323 e. The van der Waals surface area contributed by atoms with E-state index in [2.05, 4.69) is 20.8 Å². The second kappa shape index (κ2) is 7.25. The van der Waals surface area contributed by atoms with Crippen molar-refractivity contribution >= 4 is 40.9 Å². The van der Waals surface area contributed by atoms with Crippen molar-refractivity contribution < 1.29 is 4.79 Å². The average molecular weight is 360 g/mol. The molecule has 0 spiro atoms. The number of anilines is 1. The van der Waals surface area contributed by atoms with Crippen molar-refractivity contribution in [3.63, 3.8) is 0 Å². The van der Waals surface area contributed by atoms with Gasteiger partial charge in [-0.25, -0.2) is 4.68 Å². The summed E-state index contributed by atoms with van der Waals surface area (Å²) >= 11 is 12.1. The summed E-state index contributed by atoms with van der Waals surface area (Å²) in [5, 5.41) is 14.6. The number of aromatic nitrogens is 4. The highest BCUT2D eigenvalue weighted by Gasteiger charge is 2.04. The molecule has 0 aliphatic heterocycles. The Morgan fingerprint density at radius 2 is 1.79 bits per heavy atom. The zero-order valence-corrected chi connectivity index (χ0v) is 13.7. The molecule has 2 aromatic carbocycles. The molecule has 1 amide bonds. The number of carbonyl (C=O) groups is 1. The number of nitrogens with zero attached hydrogens (tertiary/aromatic N) is 4. The highest BCUT2D eigenvalue weighted by Crippen LogP contribution is 2.25. The van der Waals surface area contributed by atoms with Gasteiger partial charge in [0.1, 0.15) is 6.33 Å². The normalized spacial score (nSPS) is 10.9. The van der Waals surface area contributed by atoms with Gasteiger partial charge in [0.15, 0.2) is 0 Å². The molecule has 0 radical (unpaired) electrons. The third-order valence-corrected chi connectivity index (χ3v) is 3.81. The summed E-state index contributed by atoms with van der Waals surface area (Å²) in [6.07, 6.45) is 4.45. The highest BCUT2D eigenvalue weighted by atomic mass is 35.5. The molecule has 0 saturated heterocycles. The monoisotopic (exact) mass is 359 g/mol. The van der Waals surface area contributed by atoms with E-state index in [0.29, 0.717) is 21.3 Å². The summed E-state index contributed by atoms with van der Waals surface area (Å²) in [6.45, 7) is 0. The van der Waals surface area contributed by atoms with Crippen LogP contribution < -0.4 is 5.32 Å². The molecule has 3 aromatic rings. The molecular formula is C16H11Cl2N5O. The molecule has 0 atom stereocenters. The van der Waals surface area contributed by atoms with Gasteiger partial charge in [0.25, 0.3) is 0 Å². The van der Waals surface area contributed by atoms with Crippen molar-refractivity contribution in [1.82, 2.24) is 20.2 Å². The second-order valence-electron chi connectivity index (χ2n) is 4.76. The minimum Gasteiger partial charge on any atom is -0.323 e. The van der Waals surface area contributed by atoms with Crippen LogP contribution in [0.1, 0.15) is 5.56 Å². The third-order valence-electron chi connectivity index (χ3n) is 3.15. The number of tetrazole rings is 1. The summed E-state index contributed by atoms with van der Waals surface area (Å²) in [6, 6.07) is 12.3. The third kappa shape index (κ3) is 3.79. The summed E-state index contributed by atoms with van der Waals surface area (Å²) < 4.78 is 1.52. The SMILES string of the molecule is O=C(/C=C/c1c(Cl)cccc1Cl)Nc1ccc(-n2cnnn2)cc1. The molecule has 0 aliphatic rings. The number of amides is 1. The molecule has 0 unspecified atom stereocenters. The van der Waals surface area contributed by atoms with Gasteiger partial charge in [0.05, 0.1) is 5.69 Å². The lowest BCUT2D eigenvalue weighted by Gasteiger charge is -2.04. The molecule has 8 heteroatoms. The van der Waals surface area contributed by atoms with E-state index in [-0.39, 0.29) is 5.91 Å². The van der Waals surface area contributed by atoms with Gasteiger partial charge in [-0.2, -0.15) is 0 Å². The number of rotatable bonds is 4. The van der Waals surface area contributed by atoms with Gasteiger partial charge >= 0.3 is 0 Å². The summed E-state index contributed by atoms with van der Waals surface area (Å²) in [7, 11) is 0. The van der Waals surface area contributed by atoms with E-state index in [4.69, 9.17) is 23.2 Å². The van der Waals surface area contributed by atoms with Crippen LogP contribution >= 0.6 is 23.2 Å². The highest BCUT2D eigenvalue weighted by molar-refractivity contribution is 6.37. The maximum Gasteiger partial charge on any atom is 0.248 e. The number of halogens is 2. The van der Waals surface area contributed by atoms with Crippen LogP contribution in [0.2, 0.25) is 10.0 Å². The first-order valence-electron chi connectivity index (χ1n) is 6.90. The van der Waals surface area contributed by atoms with Gasteiger partial charge in [-0.3, -0.25) is 4.79 Å². The van der Waals surface area contributed by atoms with Gasteiger partial charge < -0.3 is 5.32 Å². The Morgan fingerprint density at radius 1 is 1.08 bits per heavy atom. The van der Waals surface area contributed by atoms with E-state index >= 15 is 0 Å². The molecule has 1 N–H and O–H groups in total. The molecule has 1 heterocycles. The zero-order valence-electron chi connectivity index (χ0n) is 12.2. The summed E-state index contributed by atoms with van der Waals surface area (Å²) in [5.74, 6) is -0.291. The molecule has 0 fully saturated rings. The molecule has 0 aliphatic carbocycles. The first-order valence-corrected chi connectivity index (χ1v) is 7.65. The van der Waals surface area contributed by atoms with Crippen LogP contribution in [0.25, 0.3) is 11.8 Å².